The van der Waals surface area contributed by atoms with Crippen molar-refractivity contribution in [2.75, 3.05) is 11.9 Å². The maximum absolute atomic E-state index is 12.7. The Balaban J connectivity index is 1.41. The number of anilines is 1. The molecule has 2 heterocycles. The zero-order chi connectivity index (χ0) is 20.0. The number of aromatic nitrogens is 2. The van der Waals surface area contributed by atoms with Crippen molar-refractivity contribution in [3.05, 3.63) is 29.2 Å². The molecule has 4 fully saturated rings. The minimum absolute atomic E-state index is 0.0130. The highest BCUT2D eigenvalue weighted by Crippen LogP contribution is 2.47. The van der Waals surface area contributed by atoms with Crippen LogP contribution in [-0.4, -0.2) is 28.6 Å². The van der Waals surface area contributed by atoms with Crippen molar-refractivity contribution in [2.45, 2.75) is 57.4 Å². The normalized spacial score (nSPS) is 28.3. The molecule has 4 aliphatic rings. The van der Waals surface area contributed by atoms with E-state index >= 15 is 0 Å². The fraction of sp³-hybridized carbons (Fsp3) is 0.591. The Kier molecular flexibility index (Phi) is 4.98. The van der Waals surface area contributed by atoms with Crippen molar-refractivity contribution in [2.24, 2.45) is 17.8 Å². The zero-order valence-electron chi connectivity index (χ0n) is 16.6. The maximum Gasteiger partial charge on any atom is 0.311 e. The van der Waals surface area contributed by atoms with Crippen LogP contribution >= 0.6 is 11.6 Å². The first-order valence-corrected chi connectivity index (χ1v) is 11.1. The Morgan fingerprint density at radius 3 is 2.66 bits per heavy atom. The molecule has 0 spiro atoms. The SMILES string of the molecule is CCOC(=O)[C@H]1C2CCC(CC2)[C@@H]1Nc1cc(-c2ccc(C3CC3)o2)nc(Cl)n1. The van der Waals surface area contributed by atoms with Crippen molar-refractivity contribution in [1.82, 2.24) is 9.97 Å². The Hall–Kier alpha value is -2.08. The maximum atomic E-state index is 12.7. The van der Waals surface area contributed by atoms with Crippen LogP contribution in [0.5, 0.6) is 0 Å². The van der Waals surface area contributed by atoms with Gasteiger partial charge in [0.25, 0.3) is 0 Å². The van der Waals surface area contributed by atoms with E-state index in [9.17, 15) is 4.79 Å². The molecular weight excluding hydrogens is 390 g/mol. The lowest BCUT2D eigenvalue weighted by atomic mass is 9.61. The highest BCUT2D eigenvalue weighted by molar-refractivity contribution is 6.28. The van der Waals surface area contributed by atoms with Gasteiger partial charge in [-0.05, 0) is 81.0 Å². The highest BCUT2D eigenvalue weighted by atomic mass is 35.5. The third-order valence-electron chi connectivity index (χ3n) is 6.65. The van der Waals surface area contributed by atoms with Crippen LogP contribution in [0, 0.1) is 17.8 Å². The minimum Gasteiger partial charge on any atom is -0.466 e. The number of fused-ring (bicyclic) bond motifs is 3. The third kappa shape index (κ3) is 3.75. The molecule has 4 saturated carbocycles. The Bertz CT molecular complexity index is 902. The van der Waals surface area contributed by atoms with E-state index in [0.717, 1.165) is 31.4 Å². The second-order valence-electron chi connectivity index (χ2n) is 8.51. The third-order valence-corrected chi connectivity index (χ3v) is 6.82. The molecule has 1 N–H and O–H groups in total. The molecule has 0 unspecified atom stereocenters. The lowest BCUT2D eigenvalue weighted by molar-refractivity contribution is -0.154. The first-order chi connectivity index (χ1) is 14.1. The second-order valence-corrected chi connectivity index (χ2v) is 8.84. The standard InChI is InChI=1S/C22H26ClN3O3/c1-2-28-21(27)19-13-5-7-14(8-6-13)20(19)25-18-11-15(24-22(23)26-18)17-10-9-16(29-17)12-3-4-12/h9-14,19-20H,2-8H2,1H3,(H,24,25,26)/t13?,14?,19-,20-/m0/s1. The van der Waals surface area contributed by atoms with Crippen LogP contribution in [-0.2, 0) is 9.53 Å². The fourth-order valence-electron chi connectivity index (χ4n) is 5.10. The summed E-state index contributed by atoms with van der Waals surface area (Å²) < 4.78 is 11.4. The summed E-state index contributed by atoms with van der Waals surface area (Å²) in [6, 6.07) is 5.85. The van der Waals surface area contributed by atoms with Crippen LogP contribution in [0.3, 0.4) is 0 Å². The van der Waals surface area contributed by atoms with Gasteiger partial charge in [-0.15, -0.1) is 0 Å². The topological polar surface area (TPSA) is 77.2 Å². The molecule has 2 atom stereocenters. The van der Waals surface area contributed by atoms with Gasteiger partial charge in [0, 0.05) is 18.0 Å². The lowest BCUT2D eigenvalue weighted by Crippen LogP contribution is -2.52. The average Bonchev–Trinajstić information content (AvgIpc) is 3.45. The van der Waals surface area contributed by atoms with E-state index in [1.165, 1.54) is 12.8 Å². The van der Waals surface area contributed by atoms with Gasteiger partial charge in [0.05, 0.1) is 12.5 Å². The monoisotopic (exact) mass is 415 g/mol. The molecule has 6 nitrogen and oxygen atoms in total. The van der Waals surface area contributed by atoms with Crippen molar-refractivity contribution in [1.29, 1.82) is 0 Å². The summed E-state index contributed by atoms with van der Waals surface area (Å²) in [5.41, 5.74) is 0.660. The van der Waals surface area contributed by atoms with Gasteiger partial charge in [-0.3, -0.25) is 4.79 Å². The fourth-order valence-corrected chi connectivity index (χ4v) is 5.28. The quantitative estimate of drug-likeness (QED) is 0.525. The smallest absolute Gasteiger partial charge is 0.311 e. The highest BCUT2D eigenvalue weighted by Gasteiger charge is 2.48. The summed E-state index contributed by atoms with van der Waals surface area (Å²) in [4.78, 5) is 21.4. The van der Waals surface area contributed by atoms with Gasteiger partial charge >= 0.3 is 5.97 Å². The van der Waals surface area contributed by atoms with Crippen LogP contribution in [0.15, 0.2) is 22.6 Å². The number of carbonyl (C=O) groups is 1. The lowest BCUT2D eigenvalue weighted by Gasteiger charge is -2.47. The second kappa shape index (κ2) is 7.63. The van der Waals surface area contributed by atoms with Crippen LogP contribution in [0.4, 0.5) is 5.82 Å². The zero-order valence-corrected chi connectivity index (χ0v) is 17.3. The van der Waals surface area contributed by atoms with Crippen LogP contribution < -0.4 is 5.32 Å². The van der Waals surface area contributed by atoms with Gasteiger partial charge in [-0.25, -0.2) is 9.97 Å². The summed E-state index contributed by atoms with van der Waals surface area (Å²) >= 11 is 6.23. The van der Waals surface area contributed by atoms with Crippen molar-refractivity contribution >= 4 is 23.4 Å². The molecule has 6 rings (SSSR count). The Morgan fingerprint density at radius 1 is 1.17 bits per heavy atom. The Labute approximate surface area is 175 Å². The summed E-state index contributed by atoms with van der Waals surface area (Å²) in [6.45, 7) is 2.27. The molecule has 4 aliphatic carbocycles. The van der Waals surface area contributed by atoms with Crippen LogP contribution in [0.1, 0.15) is 57.1 Å². The summed E-state index contributed by atoms with van der Waals surface area (Å²) in [5, 5.41) is 3.69. The number of carbonyl (C=O) groups excluding carboxylic acids is 1. The van der Waals surface area contributed by atoms with E-state index in [4.69, 9.17) is 20.8 Å². The molecule has 29 heavy (non-hydrogen) atoms. The number of furan rings is 1. The molecule has 2 aromatic heterocycles. The number of hydrogen-bond donors (Lipinski definition) is 1. The molecule has 0 saturated heterocycles. The van der Waals surface area contributed by atoms with Gasteiger partial charge in [0.1, 0.15) is 17.3 Å². The van der Waals surface area contributed by atoms with Crippen LogP contribution in [0.25, 0.3) is 11.5 Å². The van der Waals surface area contributed by atoms with E-state index in [2.05, 4.69) is 15.3 Å². The number of nitrogens with one attached hydrogen (secondary N) is 1. The summed E-state index contributed by atoms with van der Waals surface area (Å²) in [5.74, 6) is 3.47. The number of esters is 1. The summed E-state index contributed by atoms with van der Waals surface area (Å²) in [6.07, 6.45) is 6.82. The molecule has 0 amide bonds. The number of hydrogen-bond acceptors (Lipinski definition) is 6. The number of rotatable bonds is 6. The van der Waals surface area contributed by atoms with Crippen LogP contribution in [0.2, 0.25) is 5.28 Å². The van der Waals surface area contributed by atoms with Gasteiger partial charge in [0.2, 0.25) is 5.28 Å². The van der Waals surface area contributed by atoms with E-state index < -0.39 is 0 Å². The molecule has 2 aromatic rings. The number of ether oxygens (including phenoxy) is 1. The molecular formula is C22H26ClN3O3. The first-order valence-electron chi connectivity index (χ1n) is 10.7. The molecule has 154 valence electrons. The number of nitrogens with zero attached hydrogens (tertiary/aromatic N) is 2. The minimum atomic E-state index is -0.135. The van der Waals surface area contributed by atoms with E-state index in [0.29, 0.717) is 41.6 Å². The van der Waals surface area contributed by atoms with Gasteiger partial charge < -0.3 is 14.5 Å². The first kappa shape index (κ1) is 18.9. The largest absolute Gasteiger partial charge is 0.466 e. The van der Waals surface area contributed by atoms with Crippen molar-refractivity contribution < 1.29 is 13.9 Å². The Morgan fingerprint density at radius 2 is 1.93 bits per heavy atom. The van der Waals surface area contributed by atoms with Gasteiger partial charge in [-0.2, -0.15) is 0 Å². The predicted octanol–water partition coefficient (Wildman–Crippen LogP) is 5.05. The molecule has 2 bridgehead atoms. The summed E-state index contributed by atoms with van der Waals surface area (Å²) in [7, 11) is 0. The average molecular weight is 416 g/mol. The molecule has 0 radical (unpaired) electrons. The van der Waals surface area contributed by atoms with E-state index in [1.54, 1.807) is 0 Å². The van der Waals surface area contributed by atoms with E-state index in [-0.39, 0.29) is 23.2 Å². The van der Waals surface area contributed by atoms with Gasteiger partial charge in [-0.1, -0.05) is 0 Å². The van der Waals surface area contributed by atoms with E-state index in [1.807, 2.05) is 25.1 Å². The molecule has 7 heteroatoms. The van der Waals surface area contributed by atoms with Crippen molar-refractivity contribution in [3.63, 3.8) is 0 Å². The molecule has 0 aliphatic heterocycles. The predicted molar refractivity (Wildman–Crippen MR) is 110 cm³/mol. The van der Waals surface area contributed by atoms with Gasteiger partial charge in [0.15, 0.2) is 5.76 Å². The molecule has 0 aromatic carbocycles. The van der Waals surface area contributed by atoms with Crippen molar-refractivity contribution in [3.8, 4) is 11.5 Å². The number of halogens is 1.